The molecule has 2 heterocycles. The van der Waals surface area contributed by atoms with Crippen molar-refractivity contribution < 1.29 is 4.79 Å². The van der Waals surface area contributed by atoms with E-state index in [1.807, 2.05) is 47.8 Å². The maximum atomic E-state index is 12.7. The van der Waals surface area contributed by atoms with Crippen molar-refractivity contribution in [1.82, 2.24) is 9.55 Å². The number of carbonyl (C=O) groups is 1. The average molecular weight is 396 g/mol. The number of H-pyrrole nitrogens is 1. The maximum Gasteiger partial charge on any atom is 0.330 e. The van der Waals surface area contributed by atoms with Gasteiger partial charge in [0.05, 0.1) is 6.54 Å². The number of nitrogens with two attached hydrogens (primary N) is 1. The molecule has 8 heteroatoms. The third-order valence-corrected chi connectivity index (χ3v) is 5.02. The number of rotatable bonds is 6. The monoisotopic (exact) mass is 396 g/mol. The Bertz CT molecular complexity index is 1100. The summed E-state index contributed by atoms with van der Waals surface area (Å²) in [6, 6.07) is 13.0. The molecule has 3 aromatic rings. The highest BCUT2D eigenvalue weighted by Crippen LogP contribution is 2.19. The van der Waals surface area contributed by atoms with E-state index in [0.29, 0.717) is 0 Å². The Morgan fingerprint density at radius 1 is 1.21 bits per heavy atom. The Labute approximate surface area is 165 Å². The van der Waals surface area contributed by atoms with Crippen molar-refractivity contribution in [2.75, 3.05) is 17.2 Å². The second-order valence-corrected chi connectivity index (χ2v) is 6.98. The molecule has 3 rings (SSSR count). The standard InChI is InChI=1S/C20H20N4O3S/c1-2-23(16(25)11-10-15-9-6-12-28-15)17-18(21)24(20(27)22-19(17)26)13-14-7-4-3-5-8-14/h3-12H,2,13,21H2,1H3,(H,22,26,27)/b11-10+. The first-order valence-electron chi connectivity index (χ1n) is 8.71. The first-order valence-corrected chi connectivity index (χ1v) is 9.58. The maximum absolute atomic E-state index is 12.7. The Hall–Kier alpha value is -3.39. The molecule has 0 aliphatic rings. The number of aromatic amines is 1. The van der Waals surface area contributed by atoms with Gasteiger partial charge in [-0.1, -0.05) is 36.4 Å². The number of benzene rings is 1. The normalized spacial score (nSPS) is 11.0. The van der Waals surface area contributed by atoms with Crippen molar-refractivity contribution in [3.05, 3.63) is 85.2 Å². The lowest BCUT2D eigenvalue weighted by Gasteiger charge is -2.22. The van der Waals surface area contributed by atoms with Crippen LogP contribution in [0.1, 0.15) is 17.4 Å². The summed E-state index contributed by atoms with van der Waals surface area (Å²) in [5.41, 5.74) is 5.68. The quantitative estimate of drug-likeness (QED) is 0.624. The van der Waals surface area contributed by atoms with Crippen LogP contribution in [0.4, 0.5) is 11.5 Å². The molecule has 0 fully saturated rings. The van der Waals surface area contributed by atoms with Crippen LogP contribution in [0.5, 0.6) is 0 Å². The van der Waals surface area contributed by atoms with Gasteiger partial charge in [0, 0.05) is 17.5 Å². The topological polar surface area (TPSA) is 101 Å². The van der Waals surface area contributed by atoms with Gasteiger partial charge < -0.3 is 10.6 Å². The van der Waals surface area contributed by atoms with Crippen LogP contribution in [-0.2, 0) is 11.3 Å². The molecule has 0 saturated carbocycles. The number of anilines is 2. The largest absolute Gasteiger partial charge is 0.383 e. The molecule has 1 amide bonds. The summed E-state index contributed by atoms with van der Waals surface area (Å²) in [5.74, 6) is -0.435. The minimum Gasteiger partial charge on any atom is -0.383 e. The number of nitrogens with one attached hydrogen (secondary N) is 1. The fraction of sp³-hybridized carbons (Fsp3) is 0.150. The molecule has 3 N–H and O–H groups in total. The smallest absolute Gasteiger partial charge is 0.330 e. The number of amides is 1. The summed E-state index contributed by atoms with van der Waals surface area (Å²) >= 11 is 1.50. The lowest BCUT2D eigenvalue weighted by molar-refractivity contribution is -0.114. The fourth-order valence-electron chi connectivity index (χ4n) is 2.81. The van der Waals surface area contributed by atoms with Crippen LogP contribution >= 0.6 is 11.3 Å². The van der Waals surface area contributed by atoms with Gasteiger partial charge in [-0.05, 0) is 30.0 Å². The van der Waals surface area contributed by atoms with Crippen LogP contribution in [0.15, 0.2) is 63.5 Å². The fourth-order valence-corrected chi connectivity index (χ4v) is 3.43. The molecule has 2 aromatic heterocycles. The van der Waals surface area contributed by atoms with Gasteiger partial charge in [0.15, 0.2) is 5.69 Å². The van der Waals surface area contributed by atoms with Crippen LogP contribution in [0.25, 0.3) is 6.08 Å². The molecule has 144 valence electrons. The minimum atomic E-state index is -0.688. The third kappa shape index (κ3) is 4.12. The number of nitrogen functional groups attached to an aromatic ring is 1. The number of thiophene rings is 1. The first-order chi connectivity index (χ1) is 13.5. The van der Waals surface area contributed by atoms with E-state index in [0.717, 1.165) is 10.4 Å². The highest BCUT2D eigenvalue weighted by atomic mass is 32.1. The van der Waals surface area contributed by atoms with E-state index in [1.54, 1.807) is 13.0 Å². The van der Waals surface area contributed by atoms with Crippen molar-refractivity contribution in [3.8, 4) is 0 Å². The predicted octanol–water partition coefficient (Wildman–Crippen LogP) is 2.29. The summed E-state index contributed by atoms with van der Waals surface area (Å²) in [6.07, 6.45) is 3.07. The van der Waals surface area contributed by atoms with Crippen LogP contribution in [0.3, 0.4) is 0 Å². The summed E-state index contributed by atoms with van der Waals surface area (Å²) in [4.78, 5) is 41.8. The summed E-state index contributed by atoms with van der Waals surface area (Å²) in [5, 5.41) is 1.91. The van der Waals surface area contributed by atoms with Crippen LogP contribution in [0, 0.1) is 0 Å². The molecule has 0 aliphatic carbocycles. The van der Waals surface area contributed by atoms with E-state index < -0.39 is 17.2 Å². The van der Waals surface area contributed by atoms with E-state index in [2.05, 4.69) is 4.98 Å². The molecule has 0 aliphatic heterocycles. The Kier molecular flexibility index (Phi) is 5.90. The predicted molar refractivity (Wildman–Crippen MR) is 113 cm³/mol. The summed E-state index contributed by atoms with van der Waals surface area (Å²) in [7, 11) is 0. The second-order valence-electron chi connectivity index (χ2n) is 6.00. The number of hydrogen-bond acceptors (Lipinski definition) is 5. The van der Waals surface area contributed by atoms with E-state index in [-0.39, 0.29) is 24.6 Å². The molecule has 0 saturated heterocycles. The van der Waals surface area contributed by atoms with Crippen molar-refractivity contribution >= 4 is 34.8 Å². The van der Waals surface area contributed by atoms with E-state index >= 15 is 0 Å². The highest BCUT2D eigenvalue weighted by Gasteiger charge is 2.21. The van der Waals surface area contributed by atoms with Crippen molar-refractivity contribution in [2.24, 2.45) is 0 Å². The number of aromatic nitrogens is 2. The second kappa shape index (κ2) is 8.53. The number of nitrogens with zero attached hydrogens (tertiary/aromatic N) is 2. The summed E-state index contributed by atoms with van der Waals surface area (Å²) < 4.78 is 1.25. The lowest BCUT2D eigenvalue weighted by atomic mass is 10.2. The number of hydrogen-bond donors (Lipinski definition) is 2. The van der Waals surface area contributed by atoms with E-state index in [4.69, 9.17) is 5.73 Å². The average Bonchev–Trinajstić information content (AvgIpc) is 3.21. The number of carbonyl (C=O) groups excluding carboxylic acids is 1. The molecule has 0 bridgehead atoms. The van der Waals surface area contributed by atoms with Crippen molar-refractivity contribution in [3.63, 3.8) is 0 Å². The minimum absolute atomic E-state index is 0.0288. The number of likely N-dealkylation sites (N-methyl/N-ethyl adjacent to an activating group) is 1. The van der Waals surface area contributed by atoms with Gasteiger partial charge in [0.2, 0.25) is 0 Å². The van der Waals surface area contributed by atoms with E-state index in [9.17, 15) is 14.4 Å². The molecular formula is C20H20N4O3S. The molecular weight excluding hydrogens is 376 g/mol. The highest BCUT2D eigenvalue weighted by molar-refractivity contribution is 7.10. The van der Waals surface area contributed by atoms with Crippen LogP contribution in [-0.4, -0.2) is 22.0 Å². The molecule has 0 radical (unpaired) electrons. The van der Waals surface area contributed by atoms with Gasteiger partial charge in [0.1, 0.15) is 5.82 Å². The molecule has 0 atom stereocenters. The third-order valence-electron chi connectivity index (χ3n) is 4.18. The zero-order valence-corrected chi connectivity index (χ0v) is 16.1. The zero-order valence-electron chi connectivity index (χ0n) is 15.3. The Balaban J connectivity index is 1.99. The van der Waals surface area contributed by atoms with Crippen LogP contribution < -0.4 is 21.9 Å². The van der Waals surface area contributed by atoms with Gasteiger partial charge in [-0.15, -0.1) is 11.3 Å². The van der Waals surface area contributed by atoms with Crippen LogP contribution in [0.2, 0.25) is 0 Å². The van der Waals surface area contributed by atoms with Crippen molar-refractivity contribution in [1.29, 1.82) is 0 Å². The van der Waals surface area contributed by atoms with E-state index in [1.165, 1.54) is 26.9 Å². The van der Waals surface area contributed by atoms with Gasteiger partial charge in [-0.25, -0.2) is 4.79 Å². The molecule has 1 aromatic carbocycles. The van der Waals surface area contributed by atoms with Gasteiger partial charge >= 0.3 is 5.69 Å². The SMILES string of the molecule is CCN(C(=O)/C=C/c1cccs1)c1c(N)n(Cc2ccccc2)c(=O)[nH]c1=O. The molecule has 0 unspecified atom stereocenters. The molecule has 7 nitrogen and oxygen atoms in total. The lowest BCUT2D eigenvalue weighted by Crippen LogP contribution is -2.40. The van der Waals surface area contributed by atoms with Crippen molar-refractivity contribution in [2.45, 2.75) is 13.5 Å². The summed E-state index contributed by atoms with van der Waals surface area (Å²) in [6.45, 7) is 2.15. The zero-order chi connectivity index (χ0) is 20.1. The molecule has 28 heavy (non-hydrogen) atoms. The first kappa shape index (κ1) is 19.4. The molecule has 0 spiro atoms. The Morgan fingerprint density at radius 2 is 1.96 bits per heavy atom. The van der Waals surface area contributed by atoms with Gasteiger partial charge in [-0.2, -0.15) is 0 Å². The Morgan fingerprint density at radius 3 is 2.61 bits per heavy atom. The van der Waals surface area contributed by atoms with Gasteiger partial charge in [-0.3, -0.25) is 19.1 Å². The van der Waals surface area contributed by atoms with Gasteiger partial charge in [0.25, 0.3) is 11.5 Å².